The molecule has 2 heterocycles. The Labute approximate surface area is 185 Å². The van der Waals surface area contributed by atoms with E-state index in [9.17, 15) is 14.0 Å². The Balaban J connectivity index is 1.91. The SMILES string of the molecule is CCN(CC)CCNC(=O)c1c(C)[nH]c(/C=C2\C(=O)Nc3c(N=[N+]=[N-])cc(F)cc32)c1C. The second-order valence-electron chi connectivity index (χ2n) is 7.50. The van der Waals surface area contributed by atoms with E-state index in [1.54, 1.807) is 19.9 Å². The lowest BCUT2D eigenvalue weighted by Crippen LogP contribution is -2.35. The summed E-state index contributed by atoms with van der Waals surface area (Å²) in [5, 5.41) is 9.03. The summed E-state index contributed by atoms with van der Waals surface area (Å²) >= 11 is 0. The molecule has 0 bridgehead atoms. The number of rotatable bonds is 8. The molecule has 10 heteroatoms. The van der Waals surface area contributed by atoms with Gasteiger partial charge < -0.3 is 20.5 Å². The lowest BCUT2D eigenvalue weighted by atomic mass is 10.0. The number of hydrogen-bond donors (Lipinski definition) is 3. The number of carbonyl (C=O) groups excluding carboxylic acids is 2. The normalized spacial score (nSPS) is 13.8. The first-order valence-electron chi connectivity index (χ1n) is 10.4. The van der Waals surface area contributed by atoms with Gasteiger partial charge in [0.15, 0.2) is 0 Å². The van der Waals surface area contributed by atoms with Crippen molar-refractivity contribution in [1.82, 2.24) is 15.2 Å². The van der Waals surface area contributed by atoms with Crippen LogP contribution >= 0.6 is 0 Å². The summed E-state index contributed by atoms with van der Waals surface area (Å²) in [7, 11) is 0. The van der Waals surface area contributed by atoms with E-state index in [1.807, 2.05) is 0 Å². The first-order chi connectivity index (χ1) is 15.3. The van der Waals surface area contributed by atoms with Crippen LogP contribution in [0.4, 0.5) is 15.8 Å². The highest BCUT2D eigenvalue weighted by Crippen LogP contribution is 2.41. The zero-order chi connectivity index (χ0) is 23.4. The molecule has 1 aliphatic heterocycles. The van der Waals surface area contributed by atoms with Gasteiger partial charge in [0.05, 0.1) is 22.5 Å². The van der Waals surface area contributed by atoms with Crippen LogP contribution in [0.3, 0.4) is 0 Å². The monoisotopic (exact) mass is 439 g/mol. The van der Waals surface area contributed by atoms with E-state index >= 15 is 0 Å². The number of aromatic nitrogens is 1. The molecule has 0 fully saturated rings. The second-order valence-corrected chi connectivity index (χ2v) is 7.50. The summed E-state index contributed by atoms with van der Waals surface area (Å²) in [5.41, 5.74) is 11.9. The van der Waals surface area contributed by atoms with E-state index in [4.69, 9.17) is 5.53 Å². The molecule has 0 aliphatic carbocycles. The van der Waals surface area contributed by atoms with Crippen molar-refractivity contribution in [2.45, 2.75) is 27.7 Å². The predicted octanol–water partition coefficient (Wildman–Crippen LogP) is 4.28. The third-order valence-electron chi connectivity index (χ3n) is 5.61. The quantitative estimate of drug-likeness (QED) is 0.246. The lowest BCUT2D eigenvalue weighted by molar-refractivity contribution is -0.110. The van der Waals surface area contributed by atoms with Crippen LogP contribution in [0.5, 0.6) is 0 Å². The molecule has 0 unspecified atom stereocenters. The number of nitrogens with zero attached hydrogens (tertiary/aromatic N) is 4. The molecule has 9 nitrogen and oxygen atoms in total. The van der Waals surface area contributed by atoms with Crippen molar-refractivity contribution in [1.29, 1.82) is 0 Å². The first kappa shape index (κ1) is 23.1. The molecule has 0 saturated carbocycles. The molecule has 0 spiro atoms. The highest BCUT2D eigenvalue weighted by Gasteiger charge is 2.28. The van der Waals surface area contributed by atoms with Crippen LogP contribution in [0, 0.1) is 19.7 Å². The Morgan fingerprint density at radius 2 is 2.03 bits per heavy atom. The fraction of sp³-hybridized carbons (Fsp3) is 0.364. The van der Waals surface area contributed by atoms with Gasteiger partial charge in [0.2, 0.25) is 0 Å². The highest BCUT2D eigenvalue weighted by molar-refractivity contribution is 6.35. The molecule has 0 atom stereocenters. The Morgan fingerprint density at radius 3 is 2.69 bits per heavy atom. The van der Waals surface area contributed by atoms with Gasteiger partial charge in [0.25, 0.3) is 11.8 Å². The van der Waals surface area contributed by atoms with Crippen LogP contribution in [0.1, 0.15) is 46.7 Å². The van der Waals surface area contributed by atoms with E-state index in [-0.39, 0.29) is 22.9 Å². The number of amides is 2. The topological polar surface area (TPSA) is 126 Å². The molecule has 3 N–H and O–H groups in total. The van der Waals surface area contributed by atoms with Crippen LogP contribution in [0.2, 0.25) is 0 Å². The number of halogens is 1. The Hall–Kier alpha value is -3.62. The number of benzene rings is 1. The molecule has 0 radical (unpaired) electrons. The fourth-order valence-corrected chi connectivity index (χ4v) is 3.87. The average Bonchev–Trinajstić information content (AvgIpc) is 3.21. The maximum Gasteiger partial charge on any atom is 0.256 e. The summed E-state index contributed by atoms with van der Waals surface area (Å²) in [4.78, 5) is 33.4. The maximum absolute atomic E-state index is 14.1. The van der Waals surface area contributed by atoms with Gasteiger partial charge >= 0.3 is 0 Å². The van der Waals surface area contributed by atoms with E-state index in [2.05, 4.69) is 44.4 Å². The van der Waals surface area contributed by atoms with Crippen LogP contribution in [0.15, 0.2) is 17.2 Å². The van der Waals surface area contributed by atoms with Gasteiger partial charge in [-0.15, -0.1) is 0 Å². The first-order valence-corrected chi connectivity index (χ1v) is 10.4. The van der Waals surface area contributed by atoms with Crippen molar-refractivity contribution in [2.75, 3.05) is 31.5 Å². The number of anilines is 1. The number of aryl methyl sites for hydroxylation is 1. The van der Waals surface area contributed by atoms with Gasteiger partial charge in [-0.1, -0.05) is 19.0 Å². The van der Waals surface area contributed by atoms with Gasteiger partial charge in [-0.25, -0.2) is 4.39 Å². The predicted molar refractivity (Wildman–Crippen MR) is 122 cm³/mol. The maximum atomic E-state index is 14.1. The largest absolute Gasteiger partial charge is 0.358 e. The highest BCUT2D eigenvalue weighted by atomic mass is 19.1. The van der Waals surface area contributed by atoms with Crippen molar-refractivity contribution in [3.05, 3.63) is 56.5 Å². The minimum absolute atomic E-state index is 0.00640. The molecule has 0 saturated heterocycles. The van der Waals surface area contributed by atoms with Crippen LogP contribution in [-0.2, 0) is 4.79 Å². The zero-order valence-corrected chi connectivity index (χ0v) is 18.5. The minimum Gasteiger partial charge on any atom is -0.358 e. The summed E-state index contributed by atoms with van der Waals surface area (Å²) < 4.78 is 14.1. The summed E-state index contributed by atoms with van der Waals surface area (Å²) in [6.07, 6.45) is 1.58. The van der Waals surface area contributed by atoms with Crippen molar-refractivity contribution >= 4 is 34.8 Å². The van der Waals surface area contributed by atoms with Crippen LogP contribution in [-0.4, -0.2) is 47.9 Å². The van der Waals surface area contributed by atoms with Gasteiger partial charge in [-0.05, 0) is 56.2 Å². The second kappa shape index (κ2) is 9.67. The summed E-state index contributed by atoms with van der Waals surface area (Å²) in [6, 6.07) is 2.27. The number of aromatic amines is 1. The van der Waals surface area contributed by atoms with Crippen molar-refractivity contribution in [3.63, 3.8) is 0 Å². The Bertz CT molecular complexity index is 1140. The molecule has 168 valence electrons. The Kier molecular flexibility index (Phi) is 6.97. The average molecular weight is 439 g/mol. The summed E-state index contributed by atoms with van der Waals surface area (Å²) in [5.74, 6) is -1.26. The number of carbonyl (C=O) groups is 2. The molecule has 2 amide bonds. The number of likely N-dealkylation sites (N-methyl/N-ethyl adjacent to an activating group) is 1. The van der Waals surface area contributed by atoms with Crippen molar-refractivity contribution in [3.8, 4) is 0 Å². The minimum atomic E-state index is -0.624. The number of H-pyrrole nitrogens is 1. The smallest absolute Gasteiger partial charge is 0.256 e. The van der Waals surface area contributed by atoms with Gasteiger partial charge in [0, 0.05) is 35.0 Å². The standard InChI is InChI=1S/C22H26FN7O2/c1-5-30(6-2)8-7-25-22(32)19-12(3)17(26-13(19)4)11-16-15-9-14(23)10-18(28-29-24)20(15)27-21(16)31/h9-11,26H,5-8H2,1-4H3,(H,25,32)(H,27,31)/b16-11-. The van der Waals surface area contributed by atoms with Gasteiger partial charge in [0.1, 0.15) is 5.82 Å². The van der Waals surface area contributed by atoms with Gasteiger partial charge in [-0.2, -0.15) is 0 Å². The number of nitrogens with one attached hydrogen (secondary N) is 3. The van der Waals surface area contributed by atoms with Crippen LogP contribution in [0.25, 0.3) is 22.1 Å². The van der Waals surface area contributed by atoms with E-state index in [1.165, 1.54) is 6.07 Å². The molecule has 1 aromatic carbocycles. The molecule has 3 rings (SSSR count). The summed E-state index contributed by atoms with van der Waals surface area (Å²) in [6.45, 7) is 10.8. The van der Waals surface area contributed by atoms with Gasteiger partial charge in [-0.3, -0.25) is 9.59 Å². The fourth-order valence-electron chi connectivity index (χ4n) is 3.87. The third-order valence-corrected chi connectivity index (χ3v) is 5.61. The van der Waals surface area contributed by atoms with Crippen molar-refractivity contribution < 1.29 is 14.0 Å². The van der Waals surface area contributed by atoms with E-state index in [0.717, 1.165) is 25.7 Å². The molecule has 1 aromatic heterocycles. The number of azide groups is 1. The molecular formula is C22H26FN7O2. The van der Waals surface area contributed by atoms with E-state index < -0.39 is 11.7 Å². The zero-order valence-electron chi connectivity index (χ0n) is 18.5. The molecule has 1 aliphatic rings. The number of hydrogen-bond acceptors (Lipinski definition) is 4. The molecular weight excluding hydrogens is 413 g/mol. The Morgan fingerprint density at radius 1 is 1.31 bits per heavy atom. The lowest BCUT2D eigenvalue weighted by Gasteiger charge is -2.18. The molecule has 2 aromatic rings. The van der Waals surface area contributed by atoms with Crippen LogP contribution < -0.4 is 10.6 Å². The number of fused-ring (bicyclic) bond motifs is 1. The molecule has 32 heavy (non-hydrogen) atoms. The van der Waals surface area contributed by atoms with E-state index in [0.29, 0.717) is 34.6 Å². The third kappa shape index (κ3) is 4.51. The van der Waals surface area contributed by atoms with Crippen molar-refractivity contribution in [2.24, 2.45) is 5.11 Å².